The highest BCUT2D eigenvalue weighted by atomic mass is 16.5. The number of benzene rings is 2. The number of rotatable bonds is 6. The van der Waals surface area contributed by atoms with Crippen LogP contribution in [0.5, 0.6) is 0 Å². The van der Waals surface area contributed by atoms with Crippen LogP contribution < -0.4 is 0 Å². The van der Waals surface area contributed by atoms with E-state index in [1.54, 1.807) is 19.1 Å². The lowest BCUT2D eigenvalue weighted by molar-refractivity contribution is -0.146. The summed E-state index contributed by atoms with van der Waals surface area (Å²) in [5.41, 5.74) is 0.823. The number of aliphatic imine (C=N–C) groups is 2. The summed E-state index contributed by atoms with van der Waals surface area (Å²) < 4.78 is 11.7. The van der Waals surface area contributed by atoms with Gasteiger partial charge in [-0.25, -0.2) is 14.8 Å². The number of hydrogen-bond acceptors (Lipinski definition) is 6. The maximum absolute atomic E-state index is 13.4. The summed E-state index contributed by atoms with van der Waals surface area (Å²) in [6.07, 6.45) is 5.65. The third-order valence-corrected chi connectivity index (χ3v) is 5.89. The normalized spacial score (nSPS) is 22.1. The molecule has 2 aliphatic rings. The summed E-state index contributed by atoms with van der Waals surface area (Å²) >= 11 is 0. The van der Waals surface area contributed by atoms with Crippen molar-refractivity contribution in [3.05, 3.63) is 71.3 Å². The van der Waals surface area contributed by atoms with Crippen LogP contribution in [0, 0.1) is 11.3 Å². The first-order chi connectivity index (χ1) is 15.6. The van der Waals surface area contributed by atoms with Crippen molar-refractivity contribution in [3.8, 4) is 6.07 Å². The van der Waals surface area contributed by atoms with Crippen LogP contribution in [-0.2, 0) is 20.7 Å². The molecule has 1 aliphatic carbocycles. The molecule has 1 saturated carbocycles. The van der Waals surface area contributed by atoms with E-state index in [-0.39, 0.29) is 19.1 Å². The molecule has 0 amide bonds. The molecule has 1 heterocycles. The molecule has 2 aromatic rings. The molecule has 0 N–H and O–H groups in total. The Kier molecular flexibility index (Phi) is 6.65. The van der Waals surface area contributed by atoms with E-state index in [4.69, 9.17) is 24.7 Å². The van der Waals surface area contributed by atoms with Crippen molar-refractivity contribution in [2.75, 3.05) is 6.61 Å². The van der Waals surface area contributed by atoms with Gasteiger partial charge in [0.05, 0.1) is 24.3 Å². The lowest BCUT2D eigenvalue weighted by Crippen LogP contribution is -2.46. The lowest BCUT2D eigenvalue weighted by Gasteiger charge is -2.25. The highest BCUT2D eigenvalue weighted by Gasteiger charge is 2.52. The van der Waals surface area contributed by atoms with Gasteiger partial charge in [-0.1, -0.05) is 49.6 Å². The number of esters is 1. The molecule has 0 spiro atoms. The minimum Gasteiger partial charge on any atom is -0.464 e. The monoisotopic (exact) mass is 429 g/mol. The molecule has 6 nitrogen and oxygen atoms in total. The third kappa shape index (κ3) is 4.57. The number of carbonyl (C=O) groups is 1. The largest absolute Gasteiger partial charge is 0.464 e. The van der Waals surface area contributed by atoms with Crippen LogP contribution in [0.15, 0.2) is 64.6 Å². The van der Waals surface area contributed by atoms with Crippen LogP contribution in [0.4, 0.5) is 0 Å². The molecule has 1 fully saturated rings. The van der Waals surface area contributed by atoms with Crippen LogP contribution in [0.2, 0.25) is 0 Å². The lowest BCUT2D eigenvalue weighted by atomic mass is 9.90. The van der Waals surface area contributed by atoms with Crippen LogP contribution in [-0.4, -0.2) is 36.0 Å². The van der Waals surface area contributed by atoms with Crippen molar-refractivity contribution >= 4 is 17.8 Å². The molecule has 0 unspecified atom stereocenters. The molecule has 32 heavy (non-hydrogen) atoms. The topological polar surface area (TPSA) is 84.0 Å². The number of ether oxygens (including phenoxy) is 2. The number of hydrogen-bond donors (Lipinski definition) is 0. The second kappa shape index (κ2) is 9.78. The van der Waals surface area contributed by atoms with Gasteiger partial charge in [-0.3, -0.25) is 0 Å². The number of carbonyl (C=O) groups excluding carboxylic acids is 1. The van der Waals surface area contributed by atoms with Crippen molar-refractivity contribution in [1.29, 1.82) is 5.26 Å². The number of nitrogens with zero attached hydrogens (tertiary/aromatic N) is 3. The van der Waals surface area contributed by atoms with Crippen LogP contribution in [0.25, 0.3) is 0 Å². The van der Waals surface area contributed by atoms with Gasteiger partial charge in [0.25, 0.3) is 0 Å². The average Bonchev–Trinajstić information content (AvgIpc) is 3.20. The van der Waals surface area contributed by atoms with Gasteiger partial charge in [-0.2, -0.15) is 5.26 Å². The summed E-state index contributed by atoms with van der Waals surface area (Å²) in [6.45, 7) is 2.02. The van der Waals surface area contributed by atoms with Crippen molar-refractivity contribution in [3.63, 3.8) is 0 Å². The minimum atomic E-state index is -1.38. The van der Waals surface area contributed by atoms with Gasteiger partial charge < -0.3 is 9.47 Å². The highest BCUT2D eigenvalue weighted by molar-refractivity contribution is 6.19. The summed E-state index contributed by atoms with van der Waals surface area (Å²) in [4.78, 5) is 23.1. The molecule has 1 atom stereocenters. The fourth-order valence-corrected chi connectivity index (χ4v) is 4.20. The van der Waals surface area contributed by atoms with Gasteiger partial charge >= 0.3 is 5.97 Å². The fourth-order valence-electron chi connectivity index (χ4n) is 4.20. The molecular weight excluding hydrogens is 402 g/mol. The smallest absolute Gasteiger partial charge is 0.344 e. The van der Waals surface area contributed by atoms with E-state index in [0.29, 0.717) is 17.4 Å². The molecule has 0 radical (unpaired) electrons. The first-order valence-electron chi connectivity index (χ1n) is 11.2. The van der Waals surface area contributed by atoms with Gasteiger partial charge in [-0.15, -0.1) is 0 Å². The summed E-state index contributed by atoms with van der Waals surface area (Å²) in [5.74, 6) is 0.220. The Bertz CT molecular complexity index is 1050. The van der Waals surface area contributed by atoms with Gasteiger partial charge in [0.1, 0.15) is 0 Å². The molecular formula is C26H27N3O3. The molecule has 2 aromatic carbocycles. The first kappa shape index (κ1) is 21.8. The van der Waals surface area contributed by atoms with E-state index >= 15 is 0 Å². The van der Waals surface area contributed by atoms with Gasteiger partial charge in [0.2, 0.25) is 17.3 Å². The molecule has 4 rings (SSSR count). The molecule has 164 valence electrons. The Balaban J connectivity index is 1.79. The number of nitriles is 1. The average molecular weight is 430 g/mol. The molecule has 0 aromatic heterocycles. The highest BCUT2D eigenvalue weighted by Crippen LogP contribution is 2.32. The quantitative estimate of drug-likeness (QED) is 0.628. The van der Waals surface area contributed by atoms with Crippen molar-refractivity contribution in [1.82, 2.24) is 0 Å². The Morgan fingerprint density at radius 2 is 1.88 bits per heavy atom. The predicted molar refractivity (Wildman–Crippen MR) is 123 cm³/mol. The first-order valence-corrected chi connectivity index (χ1v) is 11.2. The second-order valence-electron chi connectivity index (χ2n) is 8.18. The van der Waals surface area contributed by atoms with Gasteiger partial charge in [-0.05, 0) is 49.6 Å². The maximum Gasteiger partial charge on any atom is 0.344 e. The zero-order valence-corrected chi connectivity index (χ0v) is 18.3. The zero-order chi connectivity index (χ0) is 22.4. The molecule has 1 aliphatic heterocycles. The summed E-state index contributed by atoms with van der Waals surface area (Å²) in [7, 11) is 0. The van der Waals surface area contributed by atoms with E-state index in [1.165, 1.54) is 6.42 Å². The van der Waals surface area contributed by atoms with Crippen LogP contribution >= 0.6 is 0 Å². The maximum atomic E-state index is 13.4. The van der Waals surface area contributed by atoms with E-state index in [9.17, 15) is 4.79 Å². The van der Waals surface area contributed by atoms with Gasteiger partial charge in [0, 0.05) is 12.0 Å². The Labute approximate surface area is 188 Å². The predicted octanol–water partition coefficient (Wildman–Crippen LogP) is 4.61. The molecule has 6 heteroatoms. The van der Waals surface area contributed by atoms with Crippen molar-refractivity contribution in [2.45, 2.75) is 57.0 Å². The van der Waals surface area contributed by atoms with Crippen molar-refractivity contribution in [2.24, 2.45) is 9.98 Å². The summed E-state index contributed by atoms with van der Waals surface area (Å²) in [5, 5.41) is 9.12. The van der Waals surface area contributed by atoms with Crippen LogP contribution in [0.3, 0.4) is 0 Å². The van der Waals surface area contributed by atoms with E-state index in [2.05, 4.69) is 6.07 Å². The zero-order valence-electron chi connectivity index (χ0n) is 18.3. The second-order valence-corrected chi connectivity index (χ2v) is 8.18. The van der Waals surface area contributed by atoms with Crippen LogP contribution in [0.1, 0.15) is 55.7 Å². The van der Waals surface area contributed by atoms with Crippen molar-refractivity contribution < 1.29 is 14.3 Å². The van der Waals surface area contributed by atoms with E-state index in [1.807, 2.05) is 42.5 Å². The standard InChI is InChI=1S/C26H27N3O3/c1-2-31-25(30)26(17-19-13-15-20(18-27)16-14-19)24(28-22-11-7-4-8-12-22)32-23(29-26)21-9-5-3-6-10-21/h3,5-6,9-10,13-16,22H,2,4,7-8,11-12,17H2,1H3/t26-/m0/s1. The summed E-state index contributed by atoms with van der Waals surface area (Å²) in [6, 6.07) is 18.9. The molecule has 0 saturated heterocycles. The fraction of sp³-hybridized carbons (Fsp3) is 0.385. The SMILES string of the molecule is CCOC(=O)[C@@]1(Cc2ccc(C#N)cc2)N=C(c2ccccc2)OC1=NC1CCCCC1. The Hall–Kier alpha value is -3.46. The van der Waals surface area contributed by atoms with E-state index in [0.717, 1.165) is 36.8 Å². The third-order valence-electron chi connectivity index (χ3n) is 5.89. The Morgan fingerprint density at radius 3 is 2.53 bits per heavy atom. The van der Waals surface area contributed by atoms with E-state index < -0.39 is 11.5 Å². The minimum absolute atomic E-state index is 0.110. The molecule has 0 bridgehead atoms. The van der Waals surface area contributed by atoms with Gasteiger partial charge in [0.15, 0.2) is 0 Å². The Morgan fingerprint density at radius 1 is 1.16 bits per heavy atom.